The number of hydrogen-bond donors (Lipinski definition) is 0. The van der Waals surface area contributed by atoms with Gasteiger partial charge in [0.2, 0.25) is 0 Å². The Balaban J connectivity index is 1.45. The number of carbonyl (C=O) groups excluding carboxylic acids is 1. The van der Waals surface area contributed by atoms with Gasteiger partial charge in [0.05, 0.1) is 25.2 Å². The molecule has 1 atom stereocenters. The Morgan fingerprint density at radius 2 is 1.54 bits per heavy atom. The van der Waals surface area contributed by atoms with Gasteiger partial charge in [-0.25, -0.2) is 0 Å². The second kappa shape index (κ2) is 11.3. The van der Waals surface area contributed by atoms with Crippen molar-refractivity contribution < 1.29 is 23.9 Å². The van der Waals surface area contributed by atoms with Crippen molar-refractivity contribution in [1.82, 2.24) is 4.90 Å². The van der Waals surface area contributed by atoms with Crippen molar-refractivity contribution >= 4 is 11.6 Å². The molecule has 8 nitrogen and oxygen atoms in total. The Hall–Kier alpha value is -4.85. The normalized spacial score (nSPS) is 14.3. The third-order valence-corrected chi connectivity index (χ3v) is 6.96. The Labute approximate surface area is 226 Å². The summed E-state index contributed by atoms with van der Waals surface area (Å²) < 4.78 is 17.1. The number of fused-ring (bicyclic) bond motifs is 1. The number of nitro benzene ring substituents is 1. The molecule has 0 spiro atoms. The van der Waals surface area contributed by atoms with Crippen LogP contribution in [-0.2, 0) is 6.42 Å². The predicted molar refractivity (Wildman–Crippen MR) is 147 cm³/mol. The van der Waals surface area contributed by atoms with Gasteiger partial charge in [-0.05, 0) is 65.1 Å². The number of nitrogens with zero attached hydrogens (tertiary/aromatic N) is 2. The molecule has 0 fully saturated rings. The molecular formula is C31H28N2O6. The number of rotatable bonds is 8. The van der Waals surface area contributed by atoms with Crippen LogP contribution >= 0.6 is 0 Å². The Bertz CT molecular complexity index is 1470. The Morgan fingerprint density at radius 3 is 2.18 bits per heavy atom. The molecule has 0 saturated heterocycles. The minimum absolute atomic E-state index is 0.0158. The molecule has 0 aliphatic carbocycles. The lowest BCUT2D eigenvalue weighted by atomic mass is 9.91. The minimum Gasteiger partial charge on any atom is -0.493 e. The van der Waals surface area contributed by atoms with Gasteiger partial charge in [-0.15, -0.1) is 0 Å². The summed E-state index contributed by atoms with van der Waals surface area (Å²) in [6.45, 7) is 0.657. The quantitative estimate of drug-likeness (QED) is 0.204. The summed E-state index contributed by atoms with van der Waals surface area (Å²) in [6, 6.07) is 27.0. The fourth-order valence-electron chi connectivity index (χ4n) is 4.89. The molecule has 39 heavy (non-hydrogen) atoms. The minimum atomic E-state index is -0.454. The van der Waals surface area contributed by atoms with Crippen LogP contribution in [0.1, 0.15) is 27.5 Å². The van der Waals surface area contributed by atoms with Crippen molar-refractivity contribution in [1.29, 1.82) is 0 Å². The van der Waals surface area contributed by atoms with Crippen molar-refractivity contribution in [2.45, 2.75) is 12.5 Å². The maximum Gasteiger partial charge on any atom is 0.269 e. The average Bonchev–Trinajstić information content (AvgIpc) is 2.99. The van der Waals surface area contributed by atoms with E-state index in [0.717, 1.165) is 22.3 Å². The van der Waals surface area contributed by atoms with E-state index in [9.17, 15) is 14.9 Å². The Kier molecular flexibility index (Phi) is 7.45. The fraction of sp³-hybridized carbons (Fsp3) is 0.194. The van der Waals surface area contributed by atoms with E-state index in [0.29, 0.717) is 35.8 Å². The maximum absolute atomic E-state index is 13.8. The zero-order valence-corrected chi connectivity index (χ0v) is 21.7. The molecule has 4 aromatic rings. The summed E-state index contributed by atoms with van der Waals surface area (Å²) in [5, 5.41) is 11.0. The van der Waals surface area contributed by atoms with Crippen LogP contribution in [0, 0.1) is 10.1 Å². The van der Waals surface area contributed by atoms with Crippen molar-refractivity contribution in [3.63, 3.8) is 0 Å². The second-order valence-corrected chi connectivity index (χ2v) is 9.18. The highest BCUT2D eigenvalue weighted by Crippen LogP contribution is 2.39. The third-order valence-electron chi connectivity index (χ3n) is 6.96. The SMILES string of the molecule is COc1cc2c(cc1OC)C(COc1ccc([N+](=O)[O-])cc1)N(C(=O)c1ccc(-c3ccccc3)cc1)CC2. The molecule has 1 amide bonds. The smallest absolute Gasteiger partial charge is 0.269 e. The summed E-state index contributed by atoms with van der Waals surface area (Å²) >= 11 is 0. The number of hydrogen-bond acceptors (Lipinski definition) is 6. The highest BCUT2D eigenvalue weighted by Gasteiger charge is 2.33. The lowest BCUT2D eigenvalue weighted by Crippen LogP contribution is -2.42. The first-order valence-electron chi connectivity index (χ1n) is 12.6. The van der Waals surface area contributed by atoms with Gasteiger partial charge in [-0.2, -0.15) is 0 Å². The van der Waals surface area contributed by atoms with Gasteiger partial charge in [0.25, 0.3) is 11.6 Å². The molecule has 1 aliphatic rings. The number of carbonyl (C=O) groups is 1. The summed E-state index contributed by atoms with van der Waals surface area (Å²) in [5.74, 6) is 1.57. The van der Waals surface area contributed by atoms with Gasteiger partial charge in [0.15, 0.2) is 11.5 Å². The summed E-state index contributed by atoms with van der Waals surface area (Å²) in [6.07, 6.45) is 0.650. The largest absolute Gasteiger partial charge is 0.493 e. The lowest BCUT2D eigenvalue weighted by Gasteiger charge is -2.37. The fourth-order valence-corrected chi connectivity index (χ4v) is 4.89. The molecule has 5 rings (SSSR count). The highest BCUT2D eigenvalue weighted by molar-refractivity contribution is 5.95. The summed E-state index contributed by atoms with van der Waals surface area (Å²) in [4.78, 5) is 26.2. The molecule has 0 aromatic heterocycles. The van der Waals surface area contributed by atoms with E-state index >= 15 is 0 Å². The van der Waals surface area contributed by atoms with Crippen molar-refractivity contribution in [3.8, 4) is 28.4 Å². The summed E-state index contributed by atoms with van der Waals surface area (Å²) in [5.41, 5.74) is 4.64. The van der Waals surface area contributed by atoms with Crippen LogP contribution in [0.5, 0.6) is 17.2 Å². The van der Waals surface area contributed by atoms with Gasteiger partial charge < -0.3 is 19.1 Å². The molecule has 1 heterocycles. The van der Waals surface area contributed by atoms with Gasteiger partial charge in [0.1, 0.15) is 12.4 Å². The van der Waals surface area contributed by atoms with E-state index in [4.69, 9.17) is 14.2 Å². The first kappa shape index (κ1) is 25.8. The van der Waals surface area contributed by atoms with Crippen LogP contribution in [0.15, 0.2) is 91.0 Å². The van der Waals surface area contributed by atoms with E-state index in [1.807, 2.05) is 71.6 Å². The van der Waals surface area contributed by atoms with E-state index < -0.39 is 11.0 Å². The second-order valence-electron chi connectivity index (χ2n) is 9.18. The molecule has 0 saturated carbocycles. The number of ether oxygens (including phenoxy) is 3. The predicted octanol–water partition coefficient (Wildman–Crippen LogP) is 6.10. The van der Waals surface area contributed by atoms with Crippen molar-refractivity contribution in [2.75, 3.05) is 27.4 Å². The van der Waals surface area contributed by atoms with Gasteiger partial charge in [0, 0.05) is 24.2 Å². The zero-order chi connectivity index (χ0) is 27.4. The number of nitro groups is 1. The third kappa shape index (κ3) is 5.40. The average molecular weight is 525 g/mol. The van der Waals surface area contributed by atoms with E-state index in [1.54, 1.807) is 26.4 Å². The van der Waals surface area contributed by atoms with Crippen molar-refractivity contribution in [3.05, 3.63) is 118 Å². The highest BCUT2D eigenvalue weighted by atomic mass is 16.6. The maximum atomic E-state index is 13.8. The molecule has 0 N–H and O–H groups in total. The van der Waals surface area contributed by atoms with Crippen LogP contribution in [0.25, 0.3) is 11.1 Å². The van der Waals surface area contributed by atoms with E-state index in [1.165, 1.54) is 12.1 Å². The van der Waals surface area contributed by atoms with Crippen molar-refractivity contribution in [2.24, 2.45) is 0 Å². The van der Waals surface area contributed by atoms with Crippen LogP contribution in [0.2, 0.25) is 0 Å². The molecule has 0 radical (unpaired) electrons. The Morgan fingerprint density at radius 1 is 0.897 bits per heavy atom. The van der Waals surface area contributed by atoms with Gasteiger partial charge in [-0.3, -0.25) is 14.9 Å². The van der Waals surface area contributed by atoms with Crippen LogP contribution in [0.4, 0.5) is 5.69 Å². The molecule has 198 valence electrons. The molecular weight excluding hydrogens is 496 g/mol. The zero-order valence-electron chi connectivity index (χ0n) is 21.7. The van der Waals surface area contributed by atoms with Crippen LogP contribution in [-0.4, -0.2) is 43.1 Å². The first-order valence-corrected chi connectivity index (χ1v) is 12.6. The number of amides is 1. The number of benzene rings is 4. The monoisotopic (exact) mass is 524 g/mol. The molecule has 0 bridgehead atoms. The number of non-ortho nitro benzene ring substituents is 1. The lowest BCUT2D eigenvalue weighted by molar-refractivity contribution is -0.384. The molecule has 1 aliphatic heterocycles. The first-order chi connectivity index (χ1) is 19.0. The molecule has 4 aromatic carbocycles. The van der Waals surface area contributed by atoms with E-state index in [-0.39, 0.29) is 18.2 Å². The molecule has 8 heteroatoms. The molecule has 1 unspecified atom stereocenters. The summed E-state index contributed by atoms with van der Waals surface area (Å²) in [7, 11) is 3.17. The van der Waals surface area contributed by atoms with Gasteiger partial charge in [-0.1, -0.05) is 42.5 Å². The van der Waals surface area contributed by atoms with Crippen LogP contribution in [0.3, 0.4) is 0 Å². The standard InChI is InChI=1S/C31H28N2O6/c1-37-29-18-24-16-17-32(31(34)23-10-8-22(9-11-23)21-6-4-3-5-7-21)28(27(24)19-30(29)38-2)20-39-26-14-12-25(13-15-26)33(35)36/h3-15,18-19,28H,16-17,20H2,1-2H3. The topological polar surface area (TPSA) is 91.1 Å². The van der Waals surface area contributed by atoms with E-state index in [2.05, 4.69) is 0 Å². The van der Waals surface area contributed by atoms with Gasteiger partial charge >= 0.3 is 0 Å². The number of methoxy groups -OCH3 is 2. The van der Waals surface area contributed by atoms with Crippen LogP contribution < -0.4 is 14.2 Å².